The summed E-state index contributed by atoms with van der Waals surface area (Å²) in [6, 6.07) is 11.1. The molecule has 20 heavy (non-hydrogen) atoms. The van der Waals surface area contributed by atoms with Crippen molar-refractivity contribution < 1.29 is 13.2 Å². The fourth-order valence-corrected chi connectivity index (χ4v) is 1.90. The van der Waals surface area contributed by atoms with Gasteiger partial charge in [0.25, 0.3) is 0 Å². The smallest absolute Gasteiger partial charge is 0.166 e. The Morgan fingerprint density at radius 2 is 1.35 bits per heavy atom. The van der Waals surface area contributed by atoms with Crippen LogP contribution >= 0.6 is 0 Å². The summed E-state index contributed by atoms with van der Waals surface area (Å²) in [4.78, 5) is 0. The minimum Gasteiger partial charge on any atom is -0.166 e. The average Bonchev–Trinajstić information content (AvgIpc) is 2.43. The number of benzene rings is 2. The highest BCUT2D eigenvalue weighted by atomic mass is 19.4. The van der Waals surface area contributed by atoms with Gasteiger partial charge in [0.15, 0.2) is 0 Å². The number of halogens is 3. The largest absolute Gasteiger partial charge is 0.416 e. The van der Waals surface area contributed by atoms with E-state index in [0.29, 0.717) is 0 Å². The molecule has 2 aromatic rings. The van der Waals surface area contributed by atoms with Crippen molar-refractivity contribution in [1.29, 1.82) is 0 Å². The first kappa shape index (κ1) is 16.3. The van der Waals surface area contributed by atoms with E-state index in [1.54, 1.807) is 0 Å². The van der Waals surface area contributed by atoms with Gasteiger partial charge in [-0.15, -0.1) is 0 Å². The van der Waals surface area contributed by atoms with Crippen LogP contribution in [0, 0.1) is 13.8 Å². The zero-order valence-corrected chi connectivity index (χ0v) is 12.2. The van der Waals surface area contributed by atoms with E-state index in [4.69, 9.17) is 0 Å². The third-order valence-electron chi connectivity index (χ3n) is 3.13. The Labute approximate surface area is 118 Å². The average molecular weight is 280 g/mol. The van der Waals surface area contributed by atoms with E-state index in [-0.39, 0.29) is 0 Å². The fourth-order valence-electron chi connectivity index (χ4n) is 1.90. The lowest BCUT2D eigenvalue weighted by Crippen LogP contribution is -2.04. The molecule has 0 aromatic heterocycles. The Morgan fingerprint density at radius 3 is 1.85 bits per heavy atom. The van der Waals surface area contributed by atoms with Crippen LogP contribution in [0.5, 0.6) is 0 Å². The second kappa shape index (κ2) is 6.60. The van der Waals surface area contributed by atoms with Crippen molar-refractivity contribution in [3.8, 4) is 11.1 Å². The van der Waals surface area contributed by atoms with Gasteiger partial charge in [0, 0.05) is 0 Å². The number of aryl methyl sites for hydroxylation is 1. The van der Waals surface area contributed by atoms with Gasteiger partial charge in [0.2, 0.25) is 0 Å². The summed E-state index contributed by atoms with van der Waals surface area (Å²) in [7, 11) is 0. The van der Waals surface area contributed by atoms with Crippen molar-refractivity contribution in [2.75, 3.05) is 0 Å². The molecule has 0 spiro atoms. The highest BCUT2D eigenvalue weighted by Crippen LogP contribution is 2.32. The standard InChI is InChI=1S/C15H13F3.C2H6/c1-10-4-3-5-14(11(10)2)12-6-8-13(9-7-12)15(16,17)18;1-2/h3-9H,1-2H3;1-2H3. The zero-order chi connectivity index (χ0) is 15.3. The number of hydrogen-bond acceptors (Lipinski definition) is 0. The molecule has 0 saturated heterocycles. The van der Waals surface area contributed by atoms with Crippen LogP contribution in [0.2, 0.25) is 0 Å². The predicted molar refractivity (Wildman–Crippen MR) is 77.7 cm³/mol. The Hall–Kier alpha value is -1.77. The van der Waals surface area contributed by atoms with Crippen molar-refractivity contribution in [1.82, 2.24) is 0 Å². The molecule has 0 N–H and O–H groups in total. The van der Waals surface area contributed by atoms with E-state index in [1.165, 1.54) is 12.1 Å². The van der Waals surface area contributed by atoms with Crippen molar-refractivity contribution in [3.63, 3.8) is 0 Å². The van der Waals surface area contributed by atoms with E-state index in [1.807, 2.05) is 45.9 Å². The molecule has 0 nitrogen and oxygen atoms in total. The third kappa shape index (κ3) is 3.62. The summed E-state index contributed by atoms with van der Waals surface area (Å²) in [5.74, 6) is 0. The van der Waals surface area contributed by atoms with Gasteiger partial charge in [-0.05, 0) is 48.2 Å². The van der Waals surface area contributed by atoms with Crippen LogP contribution in [0.1, 0.15) is 30.5 Å². The van der Waals surface area contributed by atoms with Gasteiger partial charge in [-0.3, -0.25) is 0 Å². The molecule has 0 amide bonds. The number of alkyl halides is 3. The molecule has 3 heteroatoms. The van der Waals surface area contributed by atoms with Crippen LogP contribution < -0.4 is 0 Å². The van der Waals surface area contributed by atoms with Crippen LogP contribution in [0.4, 0.5) is 13.2 Å². The van der Waals surface area contributed by atoms with Crippen molar-refractivity contribution in [2.24, 2.45) is 0 Å². The van der Waals surface area contributed by atoms with Crippen LogP contribution in [0.3, 0.4) is 0 Å². The van der Waals surface area contributed by atoms with Crippen molar-refractivity contribution in [3.05, 3.63) is 59.2 Å². The molecule has 0 aliphatic carbocycles. The molecular formula is C17H19F3. The van der Waals surface area contributed by atoms with Crippen LogP contribution in [-0.2, 0) is 6.18 Å². The normalized spacial score (nSPS) is 10.8. The van der Waals surface area contributed by atoms with E-state index in [2.05, 4.69) is 0 Å². The Morgan fingerprint density at radius 1 is 0.800 bits per heavy atom. The molecule has 2 rings (SSSR count). The van der Waals surface area contributed by atoms with Crippen molar-refractivity contribution in [2.45, 2.75) is 33.9 Å². The van der Waals surface area contributed by atoms with Crippen LogP contribution in [-0.4, -0.2) is 0 Å². The van der Waals surface area contributed by atoms with Gasteiger partial charge >= 0.3 is 6.18 Å². The molecule has 108 valence electrons. The maximum atomic E-state index is 12.5. The van der Waals surface area contributed by atoms with Gasteiger partial charge < -0.3 is 0 Å². The van der Waals surface area contributed by atoms with Crippen LogP contribution in [0.15, 0.2) is 42.5 Å². The summed E-state index contributed by atoms with van der Waals surface area (Å²) in [5.41, 5.74) is 3.40. The monoisotopic (exact) mass is 280 g/mol. The Balaban J connectivity index is 0.000000956. The highest BCUT2D eigenvalue weighted by Gasteiger charge is 2.29. The lowest BCUT2D eigenvalue weighted by molar-refractivity contribution is -0.137. The molecular weight excluding hydrogens is 261 g/mol. The minimum absolute atomic E-state index is 0.614. The fraction of sp³-hybridized carbons (Fsp3) is 0.294. The lowest BCUT2D eigenvalue weighted by Gasteiger charge is -2.11. The van der Waals surface area contributed by atoms with Gasteiger partial charge in [0.1, 0.15) is 0 Å². The molecule has 0 fully saturated rings. The van der Waals surface area contributed by atoms with Gasteiger partial charge in [-0.2, -0.15) is 13.2 Å². The molecule has 0 aliphatic rings. The van der Waals surface area contributed by atoms with Crippen molar-refractivity contribution >= 4 is 0 Å². The second-order valence-electron chi connectivity index (χ2n) is 4.32. The summed E-state index contributed by atoms with van der Waals surface area (Å²) < 4.78 is 37.4. The first-order valence-corrected chi connectivity index (χ1v) is 6.63. The Kier molecular flexibility index (Phi) is 5.37. The van der Waals surface area contributed by atoms with E-state index in [0.717, 1.165) is 34.4 Å². The molecule has 0 unspecified atom stereocenters. The molecule has 0 radical (unpaired) electrons. The van der Waals surface area contributed by atoms with Crippen LogP contribution in [0.25, 0.3) is 11.1 Å². The van der Waals surface area contributed by atoms with Gasteiger partial charge in [-0.25, -0.2) is 0 Å². The zero-order valence-electron chi connectivity index (χ0n) is 12.2. The molecule has 0 heterocycles. The number of hydrogen-bond donors (Lipinski definition) is 0. The summed E-state index contributed by atoms with van der Waals surface area (Å²) in [6.45, 7) is 7.96. The SMILES string of the molecule is CC.Cc1cccc(-c2ccc(C(F)(F)F)cc2)c1C. The minimum atomic E-state index is -4.28. The van der Waals surface area contributed by atoms with E-state index >= 15 is 0 Å². The molecule has 0 aliphatic heterocycles. The number of rotatable bonds is 1. The quantitative estimate of drug-likeness (QED) is 0.599. The second-order valence-corrected chi connectivity index (χ2v) is 4.32. The molecule has 2 aromatic carbocycles. The first-order valence-electron chi connectivity index (χ1n) is 6.63. The van der Waals surface area contributed by atoms with E-state index in [9.17, 15) is 13.2 Å². The highest BCUT2D eigenvalue weighted by molar-refractivity contribution is 5.68. The van der Waals surface area contributed by atoms with Gasteiger partial charge in [-0.1, -0.05) is 44.2 Å². The summed E-state index contributed by atoms with van der Waals surface area (Å²) in [5, 5.41) is 0. The third-order valence-corrected chi connectivity index (χ3v) is 3.13. The topological polar surface area (TPSA) is 0 Å². The Bertz CT molecular complexity index is 551. The molecule has 0 atom stereocenters. The lowest BCUT2D eigenvalue weighted by atomic mass is 9.96. The molecule has 0 bridgehead atoms. The molecule has 0 saturated carbocycles. The van der Waals surface area contributed by atoms with E-state index < -0.39 is 11.7 Å². The summed E-state index contributed by atoms with van der Waals surface area (Å²) >= 11 is 0. The predicted octanol–water partition coefficient (Wildman–Crippen LogP) is 6.02. The first-order chi connectivity index (χ1) is 9.39. The maximum absolute atomic E-state index is 12.5. The van der Waals surface area contributed by atoms with Gasteiger partial charge in [0.05, 0.1) is 5.56 Å². The summed E-state index contributed by atoms with van der Waals surface area (Å²) in [6.07, 6.45) is -4.28. The maximum Gasteiger partial charge on any atom is 0.416 e.